The third-order valence-corrected chi connectivity index (χ3v) is 4.13. The van der Waals surface area contributed by atoms with Gasteiger partial charge in [0.25, 0.3) is 0 Å². The van der Waals surface area contributed by atoms with Crippen LogP contribution in [0, 0.1) is 0 Å². The molecule has 0 fully saturated rings. The lowest BCUT2D eigenvalue weighted by Crippen LogP contribution is -2.21. The molecule has 4 rings (SSSR count). The lowest BCUT2D eigenvalue weighted by atomic mass is 10.1. The Labute approximate surface area is 187 Å². The maximum Gasteiger partial charge on any atom is 0.490 e. The van der Waals surface area contributed by atoms with E-state index < -0.39 is 12.1 Å². The quantitative estimate of drug-likeness (QED) is 0.367. The molecule has 3 aromatic carbocycles. The predicted molar refractivity (Wildman–Crippen MR) is 115 cm³/mol. The molecule has 0 amide bonds. The maximum absolute atomic E-state index is 10.6. The van der Waals surface area contributed by atoms with Gasteiger partial charge < -0.3 is 19.6 Å². The van der Waals surface area contributed by atoms with E-state index in [9.17, 15) is 13.2 Å². The normalized spacial score (nSPS) is 10.6. The van der Waals surface area contributed by atoms with Crippen molar-refractivity contribution in [3.05, 3.63) is 97.0 Å². The minimum Gasteiger partial charge on any atom is -0.486 e. The molecule has 6 nitrogen and oxygen atoms in total. The summed E-state index contributed by atoms with van der Waals surface area (Å²) in [6.07, 6.45) is -3.27. The fourth-order valence-corrected chi connectivity index (χ4v) is 2.58. The Morgan fingerprint density at radius 2 is 1.36 bits per heavy atom. The molecule has 0 atom stereocenters. The Bertz CT molecular complexity index is 1150. The molecule has 0 aliphatic heterocycles. The number of aliphatic carboxylic acids is 1. The second-order valence-electron chi connectivity index (χ2n) is 6.59. The zero-order valence-corrected chi connectivity index (χ0v) is 17.1. The highest BCUT2D eigenvalue weighted by Gasteiger charge is 2.38. The van der Waals surface area contributed by atoms with E-state index in [1.54, 1.807) is 0 Å². The summed E-state index contributed by atoms with van der Waals surface area (Å²) >= 11 is 0. The highest BCUT2D eigenvalue weighted by molar-refractivity contribution is 5.73. The summed E-state index contributed by atoms with van der Waals surface area (Å²) in [5.74, 6) is 0.475. The van der Waals surface area contributed by atoms with Crippen LogP contribution in [0.15, 0.2) is 91.1 Å². The fourth-order valence-electron chi connectivity index (χ4n) is 2.58. The minimum atomic E-state index is -5.08. The van der Waals surface area contributed by atoms with Crippen LogP contribution in [0.3, 0.4) is 0 Å². The van der Waals surface area contributed by atoms with Crippen molar-refractivity contribution in [1.82, 2.24) is 9.97 Å². The first-order chi connectivity index (χ1) is 15.8. The SMILES string of the molecule is O=C(O)C(F)(F)F.c1ccc(OCc2ncc(-c3ccc(Oc4ccccc4)cc3)[nH]2)cc1. The number of para-hydroxylation sites is 2. The summed E-state index contributed by atoms with van der Waals surface area (Å²) in [4.78, 5) is 16.6. The van der Waals surface area contributed by atoms with Gasteiger partial charge in [-0.3, -0.25) is 0 Å². The summed E-state index contributed by atoms with van der Waals surface area (Å²) in [7, 11) is 0. The second-order valence-corrected chi connectivity index (χ2v) is 6.59. The molecular formula is C24H19F3N2O4. The van der Waals surface area contributed by atoms with E-state index in [1.165, 1.54) is 0 Å². The summed E-state index contributed by atoms with van der Waals surface area (Å²) in [5, 5.41) is 7.12. The van der Waals surface area contributed by atoms with Crippen molar-refractivity contribution in [2.45, 2.75) is 12.8 Å². The standard InChI is InChI=1S/C22H18N2O2.C2HF3O2/c1-3-7-18(8-4-1)25-16-22-23-15-21(24-22)17-11-13-20(14-12-17)26-19-9-5-2-6-10-19;3-2(4,5)1(6)7/h1-15H,16H2,(H,23,24);(H,6,7). The summed E-state index contributed by atoms with van der Waals surface area (Å²) in [6.45, 7) is 0.402. The van der Waals surface area contributed by atoms with E-state index in [4.69, 9.17) is 19.4 Å². The van der Waals surface area contributed by atoms with Gasteiger partial charge in [-0.2, -0.15) is 13.2 Å². The first-order valence-corrected chi connectivity index (χ1v) is 9.66. The van der Waals surface area contributed by atoms with Gasteiger partial charge >= 0.3 is 12.1 Å². The number of benzene rings is 3. The molecule has 4 aromatic rings. The molecule has 170 valence electrons. The third-order valence-electron chi connectivity index (χ3n) is 4.13. The lowest BCUT2D eigenvalue weighted by Gasteiger charge is -2.06. The number of aromatic nitrogens is 2. The van der Waals surface area contributed by atoms with Crippen LogP contribution < -0.4 is 9.47 Å². The minimum absolute atomic E-state index is 0.402. The molecular weight excluding hydrogens is 437 g/mol. The largest absolute Gasteiger partial charge is 0.490 e. The van der Waals surface area contributed by atoms with Gasteiger partial charge in [0.1, 0.15) is 29.7 Å². The number of halogens is 3. The van der Waals surface area contributed by atoms with Gasteiger partial charge in [0.15, 0.2) is 0 Å². The van der Waals surface area contributed by atoms with Crippen LogP contribution in [0.5, 0.6) is 17.2 Å². The van der Waals surface area contributed by atoms with E-state index >= 15 is 0 Å². The molecule has 0 saturated carbocycles. The highest BCUT2D eigenvalue weighted by Crippen LogP contribution is 2.25. The molecule has 0 aliphatic carbocycles. The lowest BCUT2D eigenvalue weighted by molar-refractivity contribution is -0.192. The van der Waals surface area contributed by atoms with Crippen molar-refractivity contribution < 1.29 is 32.5 Å². The first-order valence-electron chi connectivity index (χ1n) is 9.66. The second kappa shape index (κ2) is 10.9. The highest BCUT2D eigenvalue weighted by atomic mass is 19.4. The molecule has 0 aliphatic rings. The van der Waals surface area contributed by atoms with Gasteiger partial charge in [-0.15, -0.1) is 0 Å². The molecule has 0 bridgehead atoms. The Hall–Kier alpha value is -4.27. The fraction of sp³-hybridized carbons (Fsp3) is 0.0833. The molecule has 0 radical (unpaired) electrons. The third kappa shape index (κ3) is 7.42. The van der Waals surface area contributed by atoms with Crippen LogP contribution in [0.2, 0.25) is 0 Å². The van der Waals surface area contributed by atoms with E-state index in [0.717, 1.165) is 34.3 Å². The van der Waals surface area contributed by atoms with Gasteiger partial charge in [0.2, 0.25) is 0 Å². The molecule has 1 heterocycles. The summed E-state index contributed by atoms with van der Waals surface area (Å²) in [5.41, 5.74) is 1.99. The van der Waals surface area contributed by atoms with Crippen molar-refractivity contribution in [1.29, 1.82) is 0 Å². The van der Waals surface area contributed by atoms with Crippen molar-refractivity contribution in [3.63, 3.8) is 0 Å². The number of alkyl halides is 3. The van der Waals surface area contributed by atoms with E-state index in [0.29, 0.717) is 6.61 Å². The molecule has 0 unspecified atom stereocenters. The number of ether oxygens (including phenoxy) is 2. The van der Waals surface area contributed by atoms with E-state index in [-0.39, 0.29) is 0 Å². The smallest absolute Gasteiger partial charge is 0.486 e. The zero-order valence-electron chi connectivity index (χ0n) is 17.1. The van der Waals surface area contributed by atoms with Gasteiger partial charge in [-0.25, -0.2) is 9.78 Å². The van der Waals surface area contributed by atoms with Crippen LogP contribution in [0.4, 0.5) is 13.2 Å². The van der Waals surface area contributed by atoms with Gasteiger partial charge in [-0.05, 0) is 54.1 Å². The summed E-state index contributed by atoms with van der Waals surface area (Å²) in [6, 6.07) is 27.4. The number of aromatic amines is 1. The number of hydrogen-bond donors (Lipinski definition) is 2. The van der Waals surface area contributed by atoms with Crippen molar-refractivity contribution in [2.75, 3.05) is 0 Å². The number of nitrogens with one attached hydrogen (secondary N) is 1. The number of carboxylic acid groups (broad SMARTS) is 1. The maximum atomic E-state index is 10.6. The topological polar surface area (TPSA) is 84.4 Å². The predicted octanol–water partition coefficient (Wildman–Crippen LogP) is 6.08. The van der Waals surface area contributed by atoms with Gasteiger partial charge in [0, 0.05) is 0 Å². The monoisotopic (exact) mass is 456 g/mol. The molecule has 0 spiro atoms. The molecule has 33 heavy (non-hydrogen) atoms. The molecule has 0 saturated heterocycles. The Morgan fingerprint density at radius 3 is 1.91 bits per heavy atom. The number of nitrogens with zero attached hydrogens (tertiary/aromatic N) is 1. The van der Waals surface area contributed by atoms with Crippen molar-refractivity contribution in [3.8, 4) is 28.5 Å². The molecule has 2 N–H and O–H groups in total. The summed E-state index contributed by atoms with van der Waals surface area (Å²) < 4.78 is 43.3. The van der Waals surface area contributed by atoms with Crippen LogP contribution in [0.25, 0.3) is 11.3 Å². The number of rotatable bonds is 6. The van der Waals surface area contributed by atoms with Gasteiger partial charge in [0.05, 0.1) is 11.9 Å². The van der Waals surface area contributed by atoms with Crippen LogP contribution in [-0.2, 0) is 11.4 Å². The number of hydrogen-bond acceptors (Lipinski definition) is 4. The first kappa shape index (κ1) is 23.4. The van der Waals surface area contributed by atoms with Crippen LogP contribution in [0.1, 0.15) is 5.82 Å². The van der Waals surface area contributed by atoms with E-state index in [1.807, 2.05) is 91.1 Å². The Morgan fingerprint density at radius 1 is 0.848 bits per heavy atom. The average molecular weight is 456 g/mol. The number of carboxylic acids is 1. The van der Waals surface area contributed by atoms with Crippen molar-refractivity contribution in [2.24, 2.45) is 0 Å². The van der Waals surface area contributed by atoms with Crippen LogP contribution >= 0.6 is 0 Å². The zero-order chi connectivity index (χ0) is 23.7. The van der Waals surface area contributed by atoms with Crippen molar-refractivity contribution >= 4 is 5.97 Å². The molecule has 9 heteroatoms. The van der Waals surface area contributed by atoms with Crippen LogP contribution in [-0.4, -0.2) is 27.2 Å². The number of carbonyl (C=O) groups is 1. The number of imidazole rings is 1. The van der Waals surface area contributed by atoms with Gasteiger partial charge in [-0.1, -0.05) is 36.4 Å². The number of H-pyrrole nitrogens is 1. The Balaban J connectivity index is 0.000000383. The Kier molecular flexibility index (Phi) is 7.69. The average Bonchev–Trinajstić information content (AvgIpc) is 3.28. The molecule has 1 aromatic heterocycles. The van der Waals surface area contributed by atoms with E-state index in [2.05, 4.69) is 9.97 Å².